The highest BCUT2D eigenvalue weighted by molar-refractivity contribution is 5.87. The second-order valence-corrected chi connectivity index (χ2v) is 7.01. The topological polar surface area (TPSA) is 29.5 Å². The number of likely N-dealkylation sites (tertiary alicyclic amines) is 1. The molecule has 2 unspecified atom stereocenters. The summed E-state index contributed by atoms with van der Waals surface area (Å²) in [5.74, 6) is 2.22. The monoisotopic (exact) mass is 289 g/mol. The van der Waals surface area contributed by atoms with Crippen LogP contribution >= 0.6 is 0 Å². The average molecular weight is 289 g/mol. The van der Waals surface area contributed by atoms with Crippen molar-refractivity contribution in [1.82, 2.24) is 4.90 Å². The number of rotatable bonds is 3. The molecule has 2 rings (SSSR count). The first-order valence-electron chi connectivity index (χ1n) is 7.78. The Bertz CT molecular complexity index is 482. The molecular weight excluding hydrogens is 262 g/mol. The van der Waals surface area contributed by atoms with E-state index >= 15 is 0 Å². The maximum atomic E-state index is 13.0. The van der Waals surface area contributed by atoms with Gasteiger partial charge in [0.1, 0.15) is 5.75 Å². The van der Waals surface area contributed by atoms with Crippen LogP contribution in [-0.4, -0.2) is 31.0 Å². The largest absolute Gasteiger partial charge is 0.497 e. The number of methoxy groups -OCH3 is 1. The Morgan fingerprint density at radius 2 is 1.67 bits per heavy atom. The third-order valence-corrected chi connectivity index (χ3v) is 4.50. The average Bonchev–Trinajstić information content (AvgIpc) is 2.45. The third kappa shape index (κ3) is 3.39. The highest BCUT2D eigenvalue weighted by Gasteiger charge is 2.36. The third-order valence-electron chi connectivity index (χ3n) is 4.50. The zero-order chi connectivity index (χ0) is 15.6. The predicted octanol–water partition coefficient (Wildman–Crippen LogP) is 3.48. The van der Waals surface area contributed by atoms with Gasteiger partial charge in [-0.1, -0.05) is 26.0 Å². The van der Waals surface area contributed by atoms with Crippen LogP contribution in [0.4, 0.5) is 0 Å². The normalized spacial score (nSPS) is 23.0. The minimum Gasteiger partial charge on any atom is -0.497 e. The summed E-state index contributed by atoms with van der Waals surface area (Å²) in [5, 5.41) is 0. The van der Waals surface area contributed by atoms with Gasteiger partial charge in [0.15, 0.2) is 0 Å². The molecule has 21 heavy (non-hydrogen) atoms. The van der Waals surface area contributed by atoms with Gasteiger partial charge in [-0.05, 0) is 49.8 Å². The molecule has 0 aliphatic carbocycles. The van der Waals surface area contributed by atoms with Crippen molar-refractivity contribution < 1.29 is 9.53 Å². The van der Waals surface area contributed by atoms with Gasteiger partial charge < -0.3 is 9.64 Å². The lowest BCUT2D eigenvalue weighted by molar-refractivity contribution is -0.139. The van der Waals surface area contributed by atoms with E-state index in [2.05, 4.69) is 13.8 Å². The van der Waals surface area contributed by atoms with Crippen LogP contribution in [0.5, 0.6) is 5.75 Å². The van der Waals surface area contributed by atoms with Crippen LogP contribution in [0.1, 0.15) is 39.7 Å². The zero-order valence-electron chi connectivity index (χ0n) is 13.8. The summed E-state index contributed by atoms with van der Waals surface area (Å²) in [6.07, 6.45) is 1.22. The van der Waals surface area contributed by atoms with E-state index in [1.807, 2.05) is 43.0 Å². The lowest BCUT2D eigenvalue weighted by Gasteiger charge is -2.39. The molecule has 0 saturated carbocycles. The Morgan fingerprint density at radius 1 is 1.14 bits per heavy atom. The standard InChI is InChI=1S/C18H27NO2/c1-13-10-14(2)12-19(11-13)17(20)18(3,4)15-6-8-16(21-5)9-7-15/h6-9,13-14H,10-12H2,1-5H3. The predicted molar refractivity (Wildman–Crippen MR) is 85.5 cm³/mol. The van der Waals surface area contributed by atoms with Gasteiger partial charge in [-0.2, -0.15) is 0 Å². The number of hydrogen-bond donors (Lipinski definition) is 0. The van der Waals surface area contributed by atoms with Gasteiger partial charge in [0.2, 0.25) is 5.91 Å². The van der Waals surface area contributed by atoms with Crippen LogP contribution in [0.15, 0.2) is 24.3 Å². The molecule has 1 aliphatic heterocycles. The van der Waals surface area contributed by atoms with E-state index in [9.17, 15) is 4.79 Å². The van der Waals surface area contributed by atoms with E-state index < -0.39 is 5.41 Å². The van der Waals surface area contributed by atoms with Crippen LogP contribution in [0, 0.1) is 11.8 Å². The van der Waals surface area contributed by atoms with Crippen molar-refractivity contribution in [2.45, 2.75) is 39.5 Å². The summed E-state index contributed by atoms with van der Waals surface area (Å²) in [5.41, 5.74) is 0.544. The zero-order valence-corrected chi connectivity index (χ0v) is 13.8. The molecule has 1 aliphatic rings. The molecule has 1 fully saturated rings. The smallest absolute Gasteiger partial charge is 0.232 e. The van der Waals surface area contributed by atoms with Crippen LogP contribution in [-0.2, 0) is 10.2 Å². The van der Waals surface area contributed by atoms with Crippen molar-refractivity contribution in [1.29, 1.82) is 0 Å². The summed E-state index contributed by atoms with van der Waals surface area (Å²) in [6, 6.07) is 7.83. The quantitative estimate of drug-likeness (QED) is 0.852. The molecule has 0 aromatic heterocycles. The van der Waals surface area contributed by atoms with Gasteiger partial charge in [-0.15, -0.1) is 0 Å². The molecule has 1 heterocycles. The number of piperidine rings is 1. The second-order valence-electron chi connectivity index (χ2n) is 7.01. The van der Waals surface area contributed by atoms with Gasteiger partial charge in [-0.3, -0.25) is 4.79 Å². The molecule has 1 aromatic carbocycles. The fraction of sp³-hybridized carbons (Fsp3) is 0.611. The van der Waals surface area contributed by atoms with Crippen LogP contribution in [0.25, 0.3) is 0 Å². The SMILES string of the molecule is COc1ccc(C(C)(C)C(=O)N2CC(C)CC(C)C2)cc1. The summed E-state index contributed by atoms with van der Waals surface area (Å²) >= 11 is 0. The molecule has 116 valence electrons. The summed E-state index contributed by atoms with van der Waals surface area (Å²) in [6.45, 7) is 10.3. The molecule has 0 spiro atoms. The van der Waals surface area contributed by atoms with Crippen molar-refractivity contribution >= 4 is 5.91 Å². The molecular formula is C18H27NO2. The molecule has 1 amide bonds. The first kappa shape index (κ1) is 15.9. The molecule has 3 heteroatoms. The highest BCUT2D eigenvalue weighted by Crippen LogP contribution is 2.30. The molecule has 0 radical (unpaired) electrons. The van der Waals surface area contributed by atoms with Crippen LogP contribution < -0.4 is 4.74 Å². The van der Waals surface area contributed by atoms with Crippen molar-refractivity contribution in [3.8, 4) is 5.75 Å². The molecule has 2 atom stereocenters. The molecule has 1 saturated heterocycles. The minimum atomic E-state index is -0.497. The fourth-order valence-corrected chi connectivity index (χ4v) is 3.36. The van der Waals surface area contributed by atoms with Crippen molar-refractivity contribution in [3.05, 3.63) is 29.8 Å². The maximum Gasteiger partial charge on any atom is 0.232 e. The van der Waals surface area contributed by atoms with Crippen molar-refractivity contribution in [3.63, 3.8) is 0 Å². The fourth-order valence-electron chi connectivity index (χ4n) is 3.36. The summed E-state index contributed by atoms with van der Waals surface area (Å²) in [4.78, 5) is 15.0. The van der Waals surface area contributed by atoms with Crippen molar-refractivity contribution in [2.24, 2.45) is 11.8 Å². The molecule has 3 nitrogen and oxygen atoms in total. The highest BCUT2D eigenvalue weighted by atomic mass is 16.5. The Hall–Kier alpha value is -1.51. The number of amides is 1. The number of ether oxygens (including phenoxy) is 1. The van der Waals surface area contributed by atoms with Gasteiger partial charge in [-0.25, -0.2) is 0 Å². The minimum absolute atomic E-state index is 0.228. The van der Waals surface area contributed by atoms with Gasteiger partial charge >= 0.3 is 0 Å². The first-order valence-corrected chi connectivity index (χ1v) is 7.78. The Kier molecular flexibility index (Phi) is 4.60. The molecule has 0 N–H and O–H groups in total. The Balaban J connectivity index is 2.18. The van der Waals surface area contributed by atoms with Crippen LogP contribution in [0.3, 0.4) is 0 Å². The van der Waals surface area contributed by atoms with Gasteiger partial charge in [0.05, 0.1) is 12.5 Å². The summed E-state index contributed by atoms with van der Waals surface area (Å²) in [7, 11) is 1.65. The van der Waals surface area contributed by atoms with E-state index in [1.165, 1.54) is 6.42 Å². The lowest BCUT2D eigenvalue weighted by Crippen LogP contribution is -2.49. The van der Waals surface area contributed by atoms with E-state index in [1.54, 1.807) is 7.11 Å². The number of carbonyl (C=O) groups is 1. The van der Waals surface area contributed by atoms with Gasteiger partial charge in [0, 0.05) is 13.1 Å². The van der Waals surface area contributed by atoms with E-state index in [-0.39, 0.29) is 5.91 Å². The second kappa shape index (κ2) is 6.08. The lowest BCUT2D eigenvalue weighted by atomic mass is 9.81. The molecule has 0 bridgehead atoms. The van der Waals surface area contributed by atoms with Crippen molar-refractivity contribution in [2.75, 3.05) is 20.2 Å². The summed E-state index contributed by atoms with van der Waals surface area (Å²) < 4.78 is 5.19. The number of nitrogens with zero attached hydrogens (tertiary/aromatic N) is 1. The van der Waals surface area contributed by atoms with Crippen LogP contribution in [0.2, 0.25) is 0 Å². The number of benzene rings is 1. The molecule has 1 aromatic rings. The maximum absolute atomic E-state index is 13.0. The van der Waals surface area contributed by atoms with E-state index in [4.69, 9.17) is 4.74 Å². The number of hydrogen-bond acceptors (Lipinski definition) is 2. The van der Waals surface area contributed by atoms with E-state index in [0.717, 1.165) is 24.4 Å². The van der Waals surface area contributed by atoms with Gasteiger partial charge in [0.25, 0.3) is 0 Å². The Labute approximate surface area is 128 Å². The van der Waals surface area contributed by atoms with E-state index in [0.29, 0.717) is 11.8 Å². The first-order chi connectivity index (χ1) is 9.84. The Morgan fingerprint density at radius 3 is 2.14 bits per heavy atom. The number of carbonyl (C=O) groups excluding carboxylic acids is 1.